The lowest BCUT2D eigenvalue weighted by atomic mass is 9.78. The van der Waals surface area contributed by atoms with Crippen LogP contribution in [0.15, 0.2) is 71.7 Å². The standard InChI is InChI=1S/C52H55NO3/c1-24-15-32(41-35-22-30(51(9,10)11)17-26-16-28(49(3,4)5)20-33(37(24)41)39(26)35)43-46(54)44(48(56)47(43)55)45-42-36-23-31(52(12,13)14)19-27-18-29(50(6,7)8)21-34(40(27)36)38(42)25(2)53-45/h15-23,32,43,55-56H,1-14H3. The van der Waals surface area contributed by atoms with Crippen LogP contribution < -0.4 is 5.35 Å². The predicted molar refractivity (Wildman–Crippen MR) is 233 cm³/mol. The van der Waals surface area contributed by atoms with Crippen molar-refractivity contribution in [2.45, 2.75) is 119 Å². The maximum absolute atomic E-state index is 15.2. The first-order valence-electron chi connectivity index (χ1n) is 20.3. The van der Waals surface area contributed by atoms with Crippen molar-refractivity contribution in [3.63, 3.8) is 0 Å². The van der Waals surface area contributed by atoms with Crippen LogP contribution in [0.3, 0.4) is 0 Å². The van der Waals surface area contributed by atoms with Gasteiger partial charge < -0.3 is 10.2 Å². The van der Waals surface area contributed by atoms with Gasteiger partial charge in [-0.05, 0) is 136 Å². The number of benzene rings is 4. The third-order valence-electron chi connectivity index (χ3n) is 13.1. The van der Waals surface area contributed by atoms with Gasteiger partial charge in [0.1, 0.15) is 5.76 Å². The molecule has 0 amide bonds. The van der Waals surface area contributed by atoms with Crippen LogP contribution in [0.4, 0.5) is 0 Å². The molecule has 286 valence electrons. The zero-order valence-electron chi connectivity index (χ0n) is 35.6. The summed E-state index contributed by atoms with van der Waals surface area (Å²) in [5.74, 6) is -2.33. The molecule has 5 aliphatic rings. The number of aryl methyl sites for hydroxylation is 1. The lowest BCUT2D eigenvalue weighted by Gasteiger charge is -2.25. The molecule has 9 rings (SSSR count). The monoisotopic (exact) mass is 741 g/mol. The van der Waals surface area contributed by atoms with Crippen LogP contribution in [0.1, 0.15) is 129 Å². The molecule has 4 nitrogen and oxygen atoms in total. The summed E-state index contributed by atoms with van der Waals surface area (Å²) in [6.45, 7) is 31.0. The quantitative estimate of drug-likeness (QED) is 0.176. The average molecular weight is 742 g/mol. The maximum Gasteiger partial charge on any atom is 0.180 e. The predicted octanol–water partition coefficient (Wildman–Crippen LogP) is 12.1. The Balaban J connectivity index is 1.31. The Morgan fingerprint density at radius 2 is 1.04 bits per heavy atom. The number of aliphatic hydroxyl groups is 2. The van der Waals surface area contributed by atoms with Crippen molar-refractivity contribution in [1.29, 1.82) is 0 Å². The van der Waals surface area contributed by atoms with Crippen molar-refractivity contribution in [3.8, 4) is 0 Å². The van der Waals surface area contributed by atoms with Crippen molar-refractivity contribution in [2.75, 3.05) is 0 Å². The summed E-state index contributed by atoms with van der Waals surface area (Å²) in [4.78, 5) is 20.3. The minimum absolute atomic E-state index is 0.0590. The molecule has 0 saturated carbocycles. The number of hydrogen-bond donors (Lipinski definition) is 2. The topological polar surface area (TPSA) is 70.4 Å². The lowest BCUT2D eigenvalue weighted by molar-refractivity contribution is -0.116. The first-order chi connectivity index (χ1) is 25.9. The SMILES string of the molecule is CC1=CC(C2C(=O)C(=c3nc(C)c4c5cc(C(C)(C)C)cc6cc(C(C)(C)C)cc(c3=4)c65)C(O)=C2O)C2=C1c1cc(C(C)(C)C)cc3cc(C(C)(C)C)cc2c13. The highest BCUT2D eigenvalue weighted by Gasteiger charge is 2.48. The fourth-order valence-electron chi connectivity index (χ4n) is 9.90. The molecule has 0 spiro atoms. The van der Waals surface area contributed by atoms with Gasteiger partial charge in [-0.25, -0.2) is 0 Å². The van der Waals surface area contributed by atoms with Crippen molar-refractivity contribution in [3.05, 3.63) is 127 Å². The average Bonchev–Trinajstić information content (AvgIpc) is 3.84. The summed E-state index contributed by atoms with van der Waals surface area (Å²) in [7, 11) is 0. The van der Waals surface area contributed by atoms with E-state index in [1.165, 1.54) is 44.0 Å². The summed E-state index contributed by atoms with van der Waals surface area (Å²) in [5, 5.41) is 33.3. The van der Waals surface area contributed by atoms with E-state index >= 15 is 4.79 Å². The molecule has 4 heteroatoms. The number of Topliss-reactive ketones (excluding diaryl/α,β-unsaturated/α-hetero) is 1. The van der Waals surface area contributed by atoms with E-state index in [9.17, 15) is 10.2 Å². The highest BCUT2D eigenvalue weighted by atomic mass is 16.3. The molecule has 0 fully saturated rings. The number of hydrogen-bond acceptors (Lipinski definition) is 4. The normalized spacial score (nSPS) is 20.3. The van der Waals surface area contributed by atoms with Gasteiger partial charge in [0.05, 0.1) is 16.8 Å². The molecule has 4 aliphatic carbocycles. The number of allylic oxidation sites excluding steroid dienone is 6. The Morgan fingerprint density at radius 1 is 0.571 bits per heavy atom. The van der Waals surface area contributed by atoms with E-state index in [2.05, 4.69) is 145 Å². The molecule has 0 radical (unpaired) electrons. The van der Waals surface area contributed by atoms with Crippen molar-refractivity contribution < 1.29 is 15.0 Å². The minimum atomic E-state index is -0.970. The number of aliphatic hydroxyl groups excluding tert-OH is 2. The van der Waals surface area contributed by atoms with Gasteiger partial charge in [0.15, 0.2) is 11.5 Å². The largest absolute Gasteiger partial charge is 0.508 e. The number of ketones is 1. The van der Waals surface area contributed by atoms with E-state index < -0.39 is 11.8 Å². The second kappa shape index (κ2) is 11.1. The summed E-state index contributed by atoms with van der Waals surface area (Å²) in [6.07, 6.45) is 2.15. The van der Waals surface area contributed by atoms with E-state index in [1.807, 2.05) is 6.92 Å². The summed E-state index contributed by atoms with van der Waals surface area (Å²) >= 11 is 0. The highest BCUT2D eigenvalue weighted by Crippen LogP contribution is 2.57. The number of carbonyl (C=O) groups is 1. The van der Waals surface area contributed by atoms with Crippen LogP contribution in [0.25, 0.3) is 49.0 Å². The lowest BCUT2D eigenvalue weighted by Crippen LogP contribution is -2.24. The van der Waals surface area contributed by atoms with Crippen LogP contribution >= 0.6 is 0 Å². The molecule has 0 aromatic heterocycles. The van der Waals surface area contributed by atoms with Crippen molar-refractivity contribution >= 4 is 54.8 Å². The van der Waals surface area contributed by atoms with Gasteiger partial charge in [0, 0.05) is 22.0 Å². The first-order valence-corrected chi connectivity index (χ1v) is 20.3. The molecule has 0 saturated heterocycles. The summed E-state index contributed by atoms with van der Waals surface area (Å²) in [5.41, 5.74) is 11.1. The minimum Gasteiger partial charge on any atom is -0.508 e. The van der Waals surface area contributed by atoms with E-state index in [1.54, 1.807) is 0 Å². The van der Waals surface area contributed by atoms with Crippen LogP contribution in [-0.2, 0) is 26.5 Å². The van der Waals surface area contributed by atoms with Crippen LogP contribution in [0.2, 0.25) is 0 Å². The Labute approximate surface area is 330 Å². The van der Waals surface area contributed by atoms with Gasteiger partial charge in [-0.2, -0.15) is 0 Å². The van der Waals surface area contributed by atoms with E-state index in [0.29, 0.717) is 5.35 Å². The molecule has 4 aromatic rings. The molecule has 2 unspecified atom stereocenters. The third kappa shape index (κ3) is 4.96. The fourth-order valence-corrected chi connectivity index (χ4v) is 9.90. The fraction of sp³-hybridized carbons (Fsp3) is 0.385. The van der Waals surface area contributed by atoms with Gasteiger partial charge in [-0.1, -0.05) is 119 Å². The Kier molecular flexibility index (Phi) is 7.28. The number of aromatic nitrogens is 1. The van der Waals surface area contributed by atoms with E-state index in [-0.39, 0.29) is 44.5 Å². The summed E-state index contributed by atoms with van der Waals surface area (Å²) < 4.78 is 0. The molecule has 1 aliphatic heterocycles. The first kappa shape index (κ1) is 36.7. The molecule has 56 heavy (non-hydrogen) atoms. The second-order valence-corrected chi connectivity index (χ2v) is 21.2. The number of rotatable bonds is 1. The summed E-state index contributed by atoms with van der Waals surface area (Å²) in [6, 6.07) is 18.5. The Bertz CT molecular complexity index is 2980. The number of carbonyl (C=O) groups excluding carboxylic acids is 1. The van der Waals surface area contributed by atoms with Gasteiger partial charge in [-0.3, -0.25) is 9.78 Å². The van der Waals surface area contributed by atoms with E-state index in [4.69, 9.17) is 4.98 Å². The van der Waals surface area contributed by atoms with E-state index in [0.717, 1.165) is 54.6 Å². The number of nitrogens with zero attached hydrogens (tertiary/aromatic N) is 1. The zero-order valence-corrected chi connectivity index (χ0v) is 35.6. The van der Waals surface area contributed by atoms with Crippen LogP contribution in [0, 0.1) is 29.2 Å². The van der Waals surface area contributed by atoms with Gasteiger partial charge in [-0.15, -0.1) is 0 Å². The smallest absolute Gasteiger partial charge is 0.180 e. The maximum atomic E-state index is 15.2. The molecular formula is C52H55NO3. The second-order valence-electron chi connectivity index (χ2n) is 21.2. The van der Waals surface area contributed by atoms with Gasteiger partial charge in [0.2, 0.25) is 0 Å². The third-order valence-corrected chi connectivity index (χ3v) is 13.1. The highest BCUT2D eigenvalue weighted by molar-refractivity contribution is 6.27. The molecule has 1 heterocycles. The van der Waals surface area contributed by atoms with Crippen molar-refractivity contribution in [1.82, 2.24) is 4.98 Å². The van der Waals surface area contributed by atoms with Crippen molar-refractivity contribution in [2.24, 2.45) is 11.8 Å². The van der Waals surface area contributed by atoms with Crippen LogP contribution in [-0.4, -0.2) is 21.0 Å². The molecule has 0 bridgehead atoms. The molecule has 2 atom stereocenters. The molecule has 2 N–H and O–H groups in total. The van der Waals surface area contributed by atoms with Gasteiger partial charge in [0.25, 0.3) is 0 Å². The molecule has 4 aromatic carbocycles. The Morgan fingerprint density at radius 3 is 1.55 bits per heavy atom. The molecular weight excluding hydrogens is 687 g/mol. The van der Waals surface area contributed by atoms with Gasteiger partial charge >= 0.3 is 0 Å². The van der Waals surface area contributed by atoms with Crippen LogP contribution in [0.5, 0.6) is 0 Å². The Hall–Kier alpha value is -4.96. The number of fused-ring (bicyclic) bond motifs is 4. The zero-order chi connectivity index (χ0) is 40.5.